The molecule has 0 aliphatic carbocycles. The Morgan fingerprint density at radius 2 is 1.00 bits per heavy atom. The van der Waals surface area contributed by atoms with Crippen LogP contribution in [0, 0.1) is 0 Å². The van der Waals surface area contributed by atoms with Gasteiger partial charge in [-0.1, -0.05) is 0 Å². The number of carboxylic acid groups (broad SMARTS) is 2. The molecule has 0 amide bonds. The quantitative estimate of drug-likeness (QED) is 0.285. The maximum Gasteiger partial charge on any atom is 0.528 e. The largest absolute Gasteiger partial charge is 0.528 e. The van der Waals surface area contributed by atoms with E-state index in [0.29, 0.717) is 0 Å². The molecule has 0 radical (unpaired) electrons. The van der Waals surface area contributed by atoms with Crippen molar-refractivity contribution in [1.82, 2.24) is 12.3 Å². The van der Waals surface area contributed by atoms with Crippen LogP contribution in [0.5, 0.6) is 0 Å². The fourth-order valence-corrected chi connectivity index (χ4v) is 0.163. The number of carbonyl (C=O) groups is 3. The van der Waals surface area contributed by atoms with Gasteiger partial charge in [-0.05, 0) is 0 Å². The summed E-state index contributed by atoms with van der Waals surface area (Å²) in [5.41, 5.74) is 0. The molecule has 0 unspecified atom stereocenters. The van der Waals surface area contributed by atoms with Crippen molar-refractivity contribution in [3.63, 3.8) is 0 Å². The van der Waals surface area contributed by atoms with E-state index in [1.165, 1.54) is 0 Å². The van der Waals surface area contributed by atoms with Crippen LogP contribution in [0.1, 0.15) is 0 Å². The maximum atomic E-state index is 9.86. The van der Waals surface area contributed by atoms with E-state index in [4.69, 9.17) is 10.2 Å². The van der Waals surface area contributed by atoms with E-state index in [1.54, 1.807) is 0 Å². The summed E-state index contributed by atoms with van der Waals surface area (Å²) in [5, 5.41) is 15.4. The van der Waals surface area contributed by atoms with Crippen molar-refractivity contribution >= 4 is 18.5 Å². The van der Waals surface area contributed by atoms with Crippen molar-refractivity contribution in [1.29, 1.82) is 0 Å². The number of hydrogen-bond acceptors (Lipinski definition) is 7. The first-order valence-electron chi connectivity index (χ1n) is 1.88. The van der Waals surface area contributed by atoms with Crippen molar-refractivity contribution in [3.05, 3.63) is 0 Å². The molecular weight excluding hydrogens is 307 g/mol. The third kappa shape index (κ3) is 22.5. The fraction of sp³-hybridized carbons (Fsp3) is 0. The first-order valence-corrected chi connectivity index (χ1v) is 1.88. The van der Waals surface area contributed by atoms with Crippen LogP contribution in [0.25, 0.3) is 0 Å². The van der Waals surface area contributed by atoms with Crippen molar-refractivity contribution < 1.29 is 73.0 Å². The zero-order valence-corrected chi connectivity index (χ0v) is 13.2. The smallest absolute Gasteiger partial charge is 0.449 e. The number of carbonyl (C=O) groups excluding carboxylic acids is 1. The molecule has 0 fully saturated rings. The van der Waals surface area contributed by atoms with Crippen LogP contribution in [-0.2, 0) is 48.4 Å². The van der Waals surface area contributed by atoms with E-state index < -0.39 is 18.5 Å². The Morgan fingerprint density at radius 1 is 0.786 bits per heavy atom. The summed E-state index contributed by atoms with van der Waals surface area (Å²) in [7, 11) is 0. The van der Waals surface area contributed by atoms with Gasteiger partial charge in [0.1, 0.15) is 0 Å². The number of ether oxygens (including phenoxy) is 2. The van der Waals surface area contributed by atoms with Gasteiger partial charge >= 0.3 is 18.5 Å². The summed E-state index contributed by atoms with van der Waals surface area (Å²) < 4.78 is 6.47. The molecule has 14 heavy (non-hydrogen) atoms. The molecule has 0 spiro atoms. The predicted octanol–water partition coefficient (Wildman–Crippen LogP) is 0.815. The zero-order valence-electron chi connectivity index (χ0n) is 7.26. The fourth-order valence-electron chi connectivity index (χ4n) is 0.163. The third-order valence-corrected chi connectivity index (χ3v) is 0.341. The average molecular weight is 315 g/mol. The van der Waals surface area contributed by atoms with Gasteiger partial charge in [0.05, 0.1) is 0 Å². The molecule has 8 N–H and O–H groups in total. The Bertz CT molecular complexity index is 168. The Kier molecular flexibility index (Phi) is 31.0. The standard InChI is InChI=1S/C3H2O7.2H3N.2Zn/c4-1(5)9-3(8)10-2(6)7;;;;/h(H,4,5)(H,6,7);2*1H3;;. The van der Waals surface area contributed by atoms with Gasteiger partial charge in [-0.3, -0.25) is 0 Å². The van der Waals surface area contributed by atoms with E-state index in [0.717, 1.165) is 0 Å². The normalized spacial score (nSPS) is 5.71. The summed E-state index contributed by atoms with van der Waals surface area (Å²) >= 11 is 0. The Balaban J connectivity index is -0.0000000675. The van der Waals surface area contributed by atoms with Crippen LogP contribution in [0.15, 0.2) is 0 Å². The van der Waals surface area contributed by atoms with E-state index in [9.17, 15) is 14.4 Å². The second kappa shape index (κ2) is 14.9. The molecule has 0 aliphatic rings. The first kappa shape index (κ1) is 29.2. The average Bonchev–Trinajstić information content (AvgIpc) is 1.58. The maximum absolute atomic E-state index is 9.86. The van der Waals surface area contributed by atoms with Crippen LogP contribution in [0.3, 0.4) is 0 Å². The molecule has 0 heterocycles. The van der Waals surface area contributed by atoms with E-state index >= 15 is 0 Å². The molecule has 0 saturated carbocycles. The molecule has 0 saturated heterocycles. The molecule has 0 aromatic rings. The Morgan fingerprint density at radius 3 is 1.14 bits per heavy atom. The van der Waals surface area contributed by atoms with Crippen LogP contribution in [-0.4, -0.2) is 28.7 Å². The summed E-state index contributed by atoms with van der Waals surface area (Å²) in [4.78, 5) is 28.8. The summed E-state index contributed by atoms with van der Waals surface area (Å²) in [6.07, 6.45) is -5.64. The van der Waals surface area contributed by atoms with Gasteiger partial charge in [-0.15, -0.1) is 0 Å². The molecule has 76 valence electrons. The van der Waals surface area contributed by atoms with Crippen molar-refractivity contribution in [2.45, 2.75) is 0 Å². The minimum absolute atomic E-state index is 0. The van der Waals surface area contributed by atoms with Gasteiger partial charge < -0.3 is 32.0 Å². The minimum Gasteiger partial charge on any atom is -0.449 e. The molecule has 11 heteroatoms. The Labute approximate surface area is 104 Å². The van der Waals surface area contributed by atoms with E-state index in [1.807, 2.05) is 0 Å². The van der Waals surface area contributed by atoms with Gasteiger partial charge in [0.25, 0.3) is 0 Å². The molecule has 9 nitrogen and oxygen atoms in total. The third-order valence-electron chi connectivity index (χ3n) is 0.341. The van der Waals surface area contributed by atoms with Gasteiger partial charge in [-0.25, -0.2) is 14.4 Å². The predicted molar refractivity (Wildman–Crippen MR) is 33.7 cm³/mol. The van der Waals surface area contributed by atoms with E-state index in [-0.39, 0.29) is 51.3 Å². The van der Waals surface area contributed by atoms with Crippen LogP contribution in [0.2, 0.25) is 0 Å². The minimum atomic E-state index is -1.92. The van der Waals surface area contributed by atoms with Crippen molar-refractivity contribution in [2.24, 2.45) is 0 Å². The second-order valence-electron chi connectivity index (χ2n) is 0.986. The zero-order chi connectivity index (χ0) is 8.15. The second-order valence-corrected chi connectivity index (χ2v) is 0.986. The first-order chi connectivity index (χ1) is 4.52. The molecule has 0 aliphatic heterocycles. The van der Waals surface area contributed by atoms with Gasteiger partial charge in [0.15, 0.2) is 0 Å². The summed E-state index contributed by atoms with van der Waals surface area (Å²) in [6, 6.07) is 0. The SMILES string of the molecule is N.N.O=C(O)OC(=O)OC(=O)O.[Zn].[Zn]. The topological polar surface area (TPSA) is 180 Å². The monoisotopic (exact) mass is 312 g/mol. The van der Waals surface area contributed by atoms with E-state index in [2.05, 4.69) is 9.47 Å². The molecular formula is C3H8N2O7Zn2. The molecule has 0 atom stereocenters. The van der Waals surface area contributed by atoms with Crippen LogP contribution < -0.4 is 12.3 Å². The van der Waals surface area contributed by atoms with Crippen molar-refractivity contribution in [2.75, 3.05) is 0 Å². The molecule has 0 aromatic heterocycles. The van der Waals surface area contributed by atoms with Gasteiger partial charge in [0.2, 0.25) is 0 Å². The summed E-state index contributed by atoms with van der Waals surface area (Å²) in [5.74, 6) is 0. The van der Waals surface area contributed by atoms with Crippen LogP contribution >= 0.6 is 0 Å². The van der Waals surface area contributed by atoms with Gasteiger partial charge in [-0.2, -0.15) is 0 Å². The van der Waals surface area contributed by atoms with Crippen LogP contribution in [0.4, 0.5) is 14.4 Å². The number of rotatable bonds is 0. The Hall–Kier alpha value is -0.623. The van der Waals surface area contributed by atoms with Crippen molar-refractivity contribution in [3.8, 4) is 0 Å². The molecule has 0 bridgehead atoms. The number of hydrogen-bond donors (Lipinski definition) is 4. The molecule has 0 rings (SSSR count). The van der Waals surface area contributed by atoms with Gasteiger partial charge in [0, 0.05) is 39.0 Å². The molecule has 0 aromatic carbocycles. The summed E-state index contributed by atoms with van der Waals surface area (Å²) in [6.45, 7) is 0.